The molecular weight excluding hydrogens is 259 g/mol. The lowest BCUT2D eigenvalue weighted by molar-refractivity contribution is -0.129. The first-order valence-electron chi connectivity index (χ1n) is 6.93. The molecule has 110 valence electrons. The number of amides is 1. The zero-order valence-corrected chi connectivity index (χ0v) is 11.8. The fourth-order valence-electron chi connectivity index (χ4n) is 2.15. The van der Waals surface area contributed by atoms with Crippen molar-refractivity contribution in [3.05, 3.63) is 35.6 Å². The summed E-state index contributed by atoms with van der Waals surface area (Å²) in [5.74, 6) is -0.216. The maximum absolute atomic E-state index is 12.8. The van der Waals surface area contributed by atoms with Crippen LogP contribution in [0.1, 0.15) is 5.56 Å². The molecule has 0 bridgehead atoms. The number of carbonyl (C=O) groups is 1. The van der Waals surface area contributed by atoms with E-state index in [0.717, 1.165) is 38.4 Å². The van der Waals surface area contributed by atoms with Crippen molar-refractivity contribution >= 4 is 5.91 Å². The van der Waals surface area contributed by atoms with Gasteiger partial charge in [-0.3, -0.25) is 9.69 Å². The highest BCUT2D eigenvalue weighted by Crippen LogP contribution is 2.05. The molecule has 20 heavy (non-hydrogen) atoms. The number of likely N-dealkylation sites (N-methyl/N-ethyl adjacent to an activating group) is 1. The third-order valence-corrected chi connectivity index (χ3v) is 3.55. The molecule has 1 saturated heterocycles. The maximum atomic E-state index is 12.8. The van der Waals surface area contributed by atoms with Crippen molar-refractivity contribution in [3.63, 3.8) is 0 Å². The van der Waals surface area contributed by atoms with Crippen LogP contribution >= 0.6 is 0 Å². The van der Waals surface area contributed by atoms with Crippen LogP contribution in [-0.4, -0.2) is 62.1 Å². The van der Waals surface area contributed by atoms with E-state index in [9.17, 15) is 9.18 Å². The molecular formula is C15H21FN2O2. The molecule has 0 spiro atoms. The highest BCUT2D eigenvalue weighted by atomic mass is 19.1. The number of ether oxygens (including phenoxy) is 1. The Morgan fingerprint density at radius 1 is 1.30 bits per heavy atom. The molecule has 0 radical (unpaired) electrons. The monoisotopic (exact) mass is 280 g/mol. The van der Waals surface area contributed by atoms with E-state index in [4.69, 9.17) is 4.74 Å². The largest absolute Gasteiger partial charge is 0.379 e. The number of hydrogen-bond donors (Lipinski definition) is 0. The van der Waals surface area contributed by atoms with Crippen molar-refractivity contribution < 1.29 is 13.9 Å². The van der Waals surface area contributed by atoms with Gasteiger partial charge in [-0.1, -0.05) is 12.1 Å². The molecule has 1 heterocycles. The summed E-state index contributed by atoms with van der Waals surface area (Å²) < 4.78 is 18.1. The molecule has 0 aliphatic carbocycles. The van der Waals surface area contributed by atoms with Gasteiger partial charge in [0.2, 0.25) is 5.91 Å². The van der Waals surface area contributed by atoms with E-state index in [1.54, 1.807) is 17.0 Å². The van der Waals surface area contributed by atoms with Gasteiger partial charge in [0.25, 0.3) is 0 Å². The van der Waals surface area contributed by atoms with Gasteiger partial charge in [-0.05, 0) is 17.7 Å². The van der Waals surface area contributed by atoms with E-state index in [1.165, 1.54) is 12.1 Å². The third-order valence-electron chi connectivity index (χ3n) is 3.55. The second-order valence-corrected chi connectivity index (χ2v) is 5.07. The summed E-state index contributed by atoms with van der Waals surface area (Å²) in [5.41, 5.74) is 0.842. The summed E-state index contributed by atoms with van der Waals surface area (Å²) in [6.07, 6.45) is 0.319. The minimum absolute atomic E-state index is 0.0601. The number of nitrogens with zero attached hydrogens (tertiary/aromatic N) is 2. The molecule has 1 aliphatic rings. The van der Waals surface area contributed by atoms with Crippen molar-refractivity contribution in [3.8, 4) is 0 Å². The van der Waals surface area contributed by atoms with Crippen LogP contribution in [0.3, 0.4) is 0 Å². The second kappa shape index (κ2) is 7.36. The number of rotatable bonds is 5. The van der Waals surface area contributed by atoms with Crippen molar-refractivity contribution in [2.24, 2.45) is 0 Å². The van der Waals surface area contributed by atoms with Gasteiger partial charge in [-0.15, -0.1) is 0 Å². The summed E-state index contributed by atoms with van der Waals surface area (Å²) >= 11 is 0. The number of carbonyl (C=O) groups excluding carboxylic acids is 1. The molecule has 4 nitrogen and oxygen atoms in total. The topological polar surface area (TPSA) is 32.8 Å². The zero-order chi connectivity index (χ0) is 14.4. The Morgan fingerprint density at radius 2 is 1.95 bits per heavy atom. The van der Waals surface area contributed by atoms with Gasteiger partial charge < -0.3 is 9.64 Å². The molecule has 0 unspecified atom stereocenters. The fourth-order valence-corrected chi connectivity index (χ4v) is 2.15. The van der Waals surface area contributed by atoms with Gasteiger partial charge in [-0.2, -0.15) is 0 Å². The summed E-state index contributed by atoms with van der Waals surface area (Å²) in [7, 11) is 1.81. The van der Waals surface area contributed by atoms with Crippen LogP contribution in [0.4, 0.5) is 4.39 Å². The van der Waals surface area contributed by atoms with Crippen molar-refractivity contribution in [1.82, 2.24) is 9.80 Å². The Kier molecular flexibility index (Phi) is 5.49. The highest BCUT2D eigenvalue weighted by molar-refractivity contribution is 5.78. The summed E-state index contributed by atoms with van der Waals surface area (Å²) in [5, 5.41) is 0. The van der Waals surface area contributed by atoms with Crippen LogP contribution in [0.5, 0.6) is 0 Å². The Bertz CT molecular complexity index is 430. The van der Waals surface area contributed by atoms with E-state index >= 15 is 0 Å². The maximum Gasteiger partial charge on any atom is 0.226 e. The molecule has 0 N–H and O–H groups in total. The summed E-state index contributed by atoms with van der Waals surface area (Å²) in [4.78, 5) is 16.1. The Balaban J connectivity index is 1.75. The molecule has 0 saturated carbocycles. The summed E-state index contributed by atoms with van der Waals surface area (Å²) in [6.45, 7) is 4.98. The van der Waals surface area contributed by atoms with Crippen molar-refractivity contribution in [2.45, 2.75) is 6.42 Å². The van der Waals surface area contributed by atoms with E-state index in [2.05, 4.69) is 4.90 Å². The lowest BCUT2D eigenvalue weighted by Gasteiger charge is -2.28. The first-order chi connectivity index (χ1) is 9.65. The smallest absolute Gasteiger partial charge is 0.226 e. The molecule has 0 aromatic heterocycles. The molecule has 1 fully saturated rings. The molecule has 2 rings (SSSR count). The predicted octanol–water partition coefficient (Wildman–Crippen LogP) is 1.16. The molecule has 1 aliphatic heterocycles. The third kappa shape index (κ3) is 4.58. The van der Waals surface area contributed by atoms with E-state index in [1.807, 2.05) is 7.05 Å². The molecule has 5 heteroatoms. The zero-order valence-electron chi connectivity index (χ0n) is 11.8. The van der Waals surface area contributed by atoms with Crippen LogP contribution in [0, 0.1) is 5.82 Å². The first kappa shape index (κ1) is 14.9. The van der Waals surface area contributed by atoms with Gasteiger partial charge in [0.1, 0.15) is 5.82 Å². The number of benzene rings is 1. The van der Waals surface area contributed by atoms with E-state index in [-0.39, 0.29) is 11.7 Å². The van der Waals surface area contributed by atoms with Gasteiger partial charge in [0, 0.05) is 33.2 Å². The van der Waals surface area contributed by atoms with Crippen molar-refractivity contribution in [1.29, 1.82) is 0 Å². The minimum Gasteiger partial charge on any atom is -0.379 e. The fraction of sp³-hybridized carbons (Fsp3) is 0.533. The normalized spacial score (nSPS) is 16.1. The van der Waals surface area contributed by atoms with Crippen molar-refractivity contribution in [2.75, 3.05) is 46.4 Å². The average molecular weight is 280 g/mol. The van der Waals surface area contributed by atoms with Gasteiger partial charge in [-0.25, -0.2) is 4.39 Å². The van der Waals surface area contributed by atoms with Crippen LogP contribution < -0.4 is 0 Å². The SMILES string of the molecule is CN(CCN1CCOCC1)C(=O)Cc1ccc(F)cc1. The van der Waals surface area contributed by atoms with E-state index < -0.39 is 0 Å². The molecule has 1 aromatic carbocycles. The first-order valence-corrected chi connectivity index (χ1v) is 6.93. The number of morpholine rings is 1. The van der Waals surface area contributed by atoms with Gasteiger partial charge in [0.05, 0.1) is 19.6 Å². The average Bonchev–Trinajstić information content (AvgIpc) is 2.48. The Hall–Kier alpha value is -1.46. The standard InChI is InChI=1S/C15H21FN2O2/c1-17(6-7-18-8-10-20-11-9-18)15(19)12-13-2-4-14(16)5-3-13/h2-5H,6-12H2,1H3. The highest BCUT2D eigenvalue weighted by Gasteiger charge is 2.14. The summed E-state index contributed by atoms with van der Waals surface area (Å²) in [6, 6.07) is 6.08. The van der Waals surface area contributed by atoms with Crippen LogP contribution in [-0.2, 0) is 16.0 Å². The molecule has 0 atom stereocenters. The Labute approximate surface area is 119 Å². The van der Waals surface area contributed by atoms with Crippen LogP contribution in [0.2, 0.25) is 0 Å². The van der Waals surface area contributed by atoms with Crippen LogP contribution in [0.15, 0.2) is 24.3 Å². The van der Waals surface area contributed by atoms with Crippen LogP contribution in [0.25, 0.3) is 0 Å². The minimum atomic E-state index is -0.276. The second-order valence-electron chi connectivity index (χ2n) is 5.07. The predicted molar refractivity (Wildman–Crippen MR) is 75.0 cm³/mol. The Morgan fingerprint density at radius 3 is 2.60 bits per heavy atom. The van der Waals surface area contributed by atoms with E-state index in [0.29, 0.717) is 13.0 Å². The number of hydrogen-bond acceptors (Lipinski definition) is 3. The quantitative estimate of drug-likeness (QED) is 0.811. The van der Waals surface area contributed by atoms with Gasteiger partial charge >= 0.3 is 0 Å². The lowest BCUT2D eigenvalue weighted by atomic mass is 10.1. The number of halogens is 1. The van der Waals surface area contributed by atoms with Gasteiger partial charge in [0.15, 0.2) is 0 Å². The molecule has 1 aromatic rings. The molecule has 1 amide bonds. The lowest BCUT2D eigenvalue weighted by Crippen LogP contribution is -2.42.